The van der Waals surface area contributed by atoms with Gasteiger partial charge in [0.25, 0.3) is 0 Å². The average Bonchev–Trinajstić information content (AvgIpc) is 2.64. The lowest BCUT2D eigenvalue weighted by Gasteiger charge is -2.43. The van der Waals surface area contributed by atoms with Gasteiger partial charge in [-0.2, -0.15) is 0 Å². The van der Waals surface area contributed by atoms with Gasteiger partial charge in [0.05, 0.1) is 6.04 Å². The molecule has 1 radical (unpaired) electrons. The molecular weight excluding hydrogens is 291 g/mol. The van der Waals surface area contributed by atoms with Crippen LogP contribution in [-0.2, 0) is 0 Å². The summed E-state index contributed by atoms with van der Waals surface area (Å²) in [5, 5.41) is 0. The van der Waals surface area contributed by atoms with Crippen molar-refractivity contribution >= 4 is 13.1 Å². The van der Waals surface area contributed by atoms with Gasteiger partial charge >= 0.3 is 0 Å². The van der Waals surface area contributed by atoms with E-state index in [1.807, 2.05) is 13.8 Å². The molecule has 2 aromatic rings. The van der Waals surface area contributed by atoms with E-state index < -0.39 is 0 Å². The van der Waals surface area contributed by atoms with Crippen LogP contribution in [0.25, 0.3) is 0 Å². The molecule has 0 N–H and O–H groups in total. The van der Waals surface area contributed by atoms with Crippen LogP contribution in [0.3, 0.4) is 0 Å². The lowest BCUT2D eigenvalue weighted by atomic mass is 9.90. The summed E-state index contributed by atoms with van der Waals surface area (Å²) in [4.78, 5) is 5.00. The van der Waals surface area contributed by atoms with Gasteiger partial charge in [0.2, 0.25) is 7.41 Å². The third-order valence-corrected chi connectivity index (χ3v) is 4.62. The maximum Gasteiger partial charge on any atom is 0.205 e. The molecule has 0 aliphatic carbocycles. The Labute approximate surface area is 148 Å². The molecule has 0 amide bonds. The number of aryl methyl sites for hydroxylation is 2. The van der Waals surface area contributed by atoms with Gasteiger partial charge in [-0.3, -0.25) is 0 Å². The molecule has 0 spiro atoms. The molecule has 1 aliphatic heterocycles. The molecule has 3 heteroatoms. The van der Waals surface area contributed by atoms with Gasteiger partial charge in [-0.1, -0.05) is 68.7 Å². The molecule has 127 valence electrons. The van der Waals surface area contributed by atoms with Crippen LogP contribution in [0, 0.1) is 13.8 Å². The molecule has 1 saturated heterocycles. The first kappa shape index (κ1) is 18.6. The molecule has 0 bridgehead atoms. The maximum atomic E-state index is 2.57. The summed E-state index contributed by atoms with van der Waals surface area (Å²) in [6.45, 7) is 13.7. The van der Waals surface area contributed by atoms with E-state index >= 15 is 0 Å². The summed E-state index contributed by atoms with van der Waals surface area (Å²) >= 11 is 0. The number of piperazine rings is 1. The van der Waals surface area contributed by atoms with Crippen LogP contribution in [0.1, 0.15) is 36.6 Å². The Kier molecular flexibility index (Phi) is 6.92. The third-order valence-electron chi connectivity index (χ3n) is 4.62. The normalized spacial score (nSPS) is 17.9. The van der Waals surface area contributed by atoms with E-state index in [1.54, 1.807) is 0 Å². The largest absolute Gasteiger partial charge is 0.362 e. The fourth-order valence-electron chi connectivity index (χ4n) is 3.42. The Balaban J connectivity index is 0.00000100. The molecular formula is C21H30BN2. The zero-order valence-corrected chi connectivity index (χ0v) is 15.8. The van der Waals surface area contributed by atoms with Crippen LogP contribution in [0.15, 0.2) is 48.5 Å². The Morgan fingerprint density at radius 1 is 0.958 bits per heavy atom. The van der Waals surface area contributed by atoms with Gasteiger partial charge < -0.3 is 9.71 Å². The summed E-state index contributed by atoms with van der Waals surface area (Å²) in [6.07, 6.45) is 0. The predicted octanol–water partition coefficient (Wildman–Crippen LogP) is 4.86. The van der Waals surface area contributed by atoms with E-state index in [1.165, 1.54) is 22.4 Å². The molecule has 1 heterocycles. The van der Waals surface area contributed by atoms with Crippen molar-refractivity contribution < 1.29 is 0 Å². The summed E-state index contributed by atoms with van der Waals surface area (Å²) in [5.41, 5.74) is 5.47. The number of hydrogen-bond donors (Lipinski definition) is 0. The molecule has 1 unspecified atom stereocenters. The first-order valence-corrected chi connectivity index (χ1v) is 9.11. The van der Waals surface area contributed by atoms with Crippen molar-refractivity contribution in [2.75, 3.05) is 24.5 Å². The van der Waals surface area contributed by atoms with Crippen molar-refractivity contribution in [3.8, 4) is 0 Å². The Hall–Kier alpha value is -1.74. The summed E-state index contributed by atoms with van der Waals surface area (Å²) in [7, 11) is 2.22. The molecule has 1 fully saturated rings. The number of nitrogens with zero attached hydrogens (tertiary/aromatic N) is 2. The van der Waals surface area contributed by atoms with Crippen molar-refractivity contribution in [1.82, 2.24) is 4.81 Å². The minimum Gasteiger partial charge on any atom is -0.362 e. The van der Waals surface area contributed by atoms with Crippen molar-refractivity contribution in [3.63, 3.8) is 0 Å². The summed E-state index contributed by atoms with van der Waals surface area (Å²) in [6, 6.07) is 18.1. The Bertz CT molecular complexity index is 627. The minimum absolute atomic E-state index is 0.410. The molecule has 3 rings (SSSR count). The number of anilines is 1. The second-order valence-corrected chi connectivity index (χ2v) is 6.16. The predicted molar refractivity (Wildman–Crippen MR) is 107 cm³/mol. The molecule has 24 heavy (non-hydrogen) atoms. The van der Waals surface area contributed by atoms with E-state index in [9.17, 15) is 0 Å². The van der Waals surface area contributed by atoms with E-state index in [2.05, 4.69) is 86.3 Å². The van der Waals surface area contributed by atoms with Crippen molar-refractivity contribution in [2.45, 2.75) is 40.6 Å². The molecule has 2 nitrogen and oxygen atoms in total. The average molecular weight is 321 g/mol. The zero-order valence-electron chi connectivity index (χ0n) is 15.8. The van der Waals surface area contributed by atoms with E-state index in [-0.39, 0.29) is 0 Å². The smallest absolute Gasteiger partial charge is 0.205 e. The van der Waals surface area contributed by atoms with Gasteiger partial charge in [-0.25, -0.2) is 0 Å². The van der Waals surface area contributed by atoms with E-state index in [4.69, 9.17) is 0 Å². The van der Waals surface area contributed by atoms with Crippen LogP contribution >= 0.6 is 0 Å². The van der Waals surface area contributed by atoms with Crippen molar-refractivity contribution in [1.29, 1.82) is 0 Å². The zero-order chi connectivity index (χ0) is 17.5. The van der Waals surface area contributed by atoms with Crippen molar-refractivity contribution in [3.05, 3.63) is 65.2 Å². The van der Waals surface area contributed by atoms with Crippen LogP contribution in [0.4, 0.5) is 5.69 Å². The summed E-state index contributed by atoms with van der Waals surface area (Å²) < 4.78 is 0. The minimum atomic E-state index is 0.410. The molecule has 1 aliphatic rings. The molecule has 2 aromatic carbocycles. The second kappa shape index (κ2) is 8.93. The van der Waals surface area contributed by atoms with Crippen LogP contribution < -0.4 is 4.90 Å². The third kappa shape index (κ3) is 4.21. The van der Waals surface area contributed by atoms with E-state index in [0.717, 1.165) is 19.6 Å². The van der Waals surface area contributed by atoms with E-state index in [0.29, 0.717) is 6.04 Å². The lowest BCUT2D eigenvalue weighted by Crippen LogP contribution is -2.49. The highest BCUT2D eigenvalue weighted by atomic mass is 15.3. The van der Waals surface area contributed by atoms with Gasteiger partial charge in [0, 0.05) is 25.3 Å². The standard InChI is InChI=1S/C19H24BN2.C2H6/c1-15-9-10-18(16(2)13-15)22-12-11-21(20-3)14-19(22)17-7-5-4-6-8-17;1-2/h4-10,13,19H,11-12,14H2,1-3H3;1-2H3. The van der Waals surface area contributed by atoms with Crippen LogP contribution in [0.5, 0.6) is 0 Å². The fraction of sp³-hybridized carbons (Fsp3) is 0.429. The van der Waals surface area contributed by atoms with Gasteiger partial charge in [0.1, 0.15) is 0 Å². The first-order chi connectivity index (χ1) is 11.7. The second-order valence-electron chi connectivity index (χ2n) is 6.16. The van der Waals surface area contributed by atoms with Gasteiger partial charge in [-0.15, -0.1) is 0 Å². The maximum absolute atomic E-state index is 2.57. The molecule has 0 saturated carbocycles. The molecule has 0 aromatic heterocycles. The number of rotatable bonds is 3. The van der Waals surface area contributed by atoms with Gasteiger partial charge in [-0.05, 0) is 31.0 Å². The number of benzene rings is 2. The van der Waals surface area contributed by atoms with Gasteiger partial charge in [0.15, 0.2) is 0 Å². The highest BCUT2D eigenvalue weighted by molar-refractivity contribution is 6.29. The fourth-order valence-corrected chi connectivity index (χ4v) is 3.42. The summed E-state index contributed by atoms with van der Waals surface area (Å²) in [5.74, 6) is 0. The SMILES string of the molecule is CC.C[B]N1CCN(c2ccc(C)cc2C)C(c2ccccc2)C1. The lowest BCUT2D eigenvalue weighted by molar-refractivity contribution is 0.348. The quantitative estimate of drug-likeness (QED) is 0.745. The van der Waals surface area contributed by atoms with Crippen LogP contribution in [-0.4, -0.2) is 31.9 Å². The Morgan fingerprint density at radius 2 is 1.67 bits per heavy atom. The first-order valence-electron chi connectivity index (χ1n) is 9.11. The number of hydrogen-bond acceptors (Lipinski definition) is 2. The monoisotopic (exact) mass is 321 g/mol. The molecule has 1 atom stereocenters. The van der Waals surface area contributed by atoms with Crippen molar-refractivity contribution in [2.24, 2.45) is 0 Å². The topological polar surface area (TPSA) is 6.48 Å². The van der Waals surface area contributed by atoms with Crippen LogP contribution in [0.2, 0.25) is 6.82 Å². The highest BCUT2D eigenvalue weighted by Gasteiger charge is 2.28. The Morgan fingerprint density at radius 3 is 2.29 bits per heavy atom. The highest BCUT2D eigenvalue weighted by Crippen LogP contribution is 2.32.